The number of aromatic nitrogens is 2. The minimum absolute atomic E-state index is 0. The number of fused-ring (bicyclic) bond motifs is 5. The molecule has 8 aromatic rings. The van der Waals surface area contributed by atoms with E-state index in [9.17, 15) is 10.2 Å². The van der Waals surface area contributed by atoms with Gasteiger partial charge in [0, 0.05) is 48.3 Å². The maximum atomic E-state index is 11.5. The third-order valence-corrected chi connectivity index (χ3v) is 8.04. The number of hydrogen-bond donors (Lipinski definition) is 2. The molecule has 6 heteroatoms. The van der Waals surface area contributed by atoms with Gasteiger partial charge in [0.1, 0.15) is 11.5 Å². The van der Waals surface area contributed by atoms with E-state index in [1.165, 1.54) is 0 Å². The van der Waals surface area contributed by atoms with Crippen LogP contribution in [-0.2, 0) is 21.1 Å². The van der Waals surface area contributed by atoms with Crippen LogP contribution in [0.1, 0.15) is 5.69 Å². The van der Waals surface area contributed by atoms with Crippen LogP contribution in [0.4, 0.5) is 5.69 Å². The normalized spacial score (nSPS) is 11.5. The van der Waals surface area contributed by atoms with Crippen LogP contribution in [0.3, 0.4) is 0 Å². The first-order chi connectivity index (χ1) is 21.2. The average molecular weight is 751 g/mol. The second-order valence-electron chi connectivity index (χ2n) is 10.6. The first-order valence-electron chi connectivity index (χ1n) is 14.1. The van der Waals surface area contributed by atoms with Gasteiger partial charge in [0.25, 0.3) is 0 Å². The maximum absolute atomic E-state index is 11.5. The summed E-state index contributed by atoms with van der Waals surface area (Å²) in [6, 6.07) is 43.5. The summed E-state index contributed by atoms with van der Waals surface area (Å²) in [7, 11) is 0. The Morgan fingerprint density at radius 3 is 2.16 bits per heavy atom. The third kappa shape index (κ3) is 4.45. The minimum Gasteiger partial charge on any atom is -0.507 e. The zero-order valence-corrected chi connectivity index (χ0v) is 25.6. The number of rotatable bonds is 4. The summed E-state index contributed by atoms with van der Waals surface area (Å²) >= 11 is 0. The Kier molecular flexibility index (Phi) is 6.96. The first kappa shape index (κ1) is 27.6. The van der Waals surface area contributed by atoms with Gasteiger partial charge in [-0.2, -0.15) is 0 Å². The molecular formula is C38H25N3O2Pt. The van der Waals surface area contributed by atoms with E-state index in [0.717, 1.165) is 43.7 Å². The van der Waals surface area contributed by atoms with Crippen molar-refractivity contribution in [1.29, 1.82) is 0 Å². The van der Waals surface area contributed by atoms with Gasteiger partial charge >= 0.3 is 0 Å². The smallest absolute Gasteiger partial charge is 0.127 e. The third-order valence-electron chi connectivity index (χ3n) is 8.04. The van der Waals surface area contributed by atoms with Gasteiger partial charge in [-0.3, -0.25) is 4.99 Å². The zero-order chi connectivity index (χ0) is 28.9. The molecule has 2 heterocycles. The van der Waals surface area contributed by atoms with E-state index >= 15 is 0 Å². The molecule has 0 saturated carbocycles. The van der Waals surface area contributed by atoms with Crippen LogP contribution < -0.4 is 0 Å². The SMILES string of the molecule is Oc1ccc2c3ccccc3n(-c3ccccc3)c2c1-c1cc2ccccc2c(C=Nc2cccc3cccc(O)c23)n1.[Pt]. The van der Waals surface area contributed by atoms with Crippen molar-refractivity contribution in [3.63, 3.8) is 0 Å². The summed E-state index contributed by atoms with van der Waals surface area (Å²) < 4.78 is 2.20. The van der Waals surface area contributed by atoms with Crippen molar-refractivity contribution in [2.75, 3.05) is 0 Å². The summed E-state index contributed by atoms with van der Waals surface area (Å²) in [6.45, 7) is 0. The van der Waals surface area contributed by atoms with Crippen molar-refractivity contribution in [2.24, 2.45) is 4.99 Å². The van der Waals surface area contributed by atoms with E-state index in [0.29, 0.717) is 28.0 Å². The van der Waals surface area contributed by atoms with Crippen molar-refractivity contribution in [2.45, 2.75) is 0 Å². The first-order valence-corrected chi connectivity index (χ1v) is 14.1. The molecule has 0 spiro atoms. The van der Waals surface area contributed by atoms with E-state index in [-0.39, 0.29) is 32.6 Å². The number of phenolic OH excluding ortho intramolecular Hbond substituents is 2. The molecule has 0 saturated heterocycles. The molecular weight excluding hydrogens is 726 g/mol. The Bertz CT molecular complexity index is 2370. The Balaban J connectivity index is 0.00000312. The fourth-order valence-corrected chi connectivity index (χ4v) is 6.14. The molecule has 0 radical (unpaired) electrons. The second kappa shape index (κ2) is 11.1. The molecule has 44 heavy (non-hydrogen) atoms. The molecule has 0 aliphatic heterocycles. The van der Waals surface area contributed by atoms with Crippen LogP contribution in [-0.4, -0.2) is 26.0 Å². The van der Waals surface area contributed by atoms with E-state index in [2.05, 4.69) is 28.8 Å². The van der Waals surface area contributed by atoms with Crippen molar-refractivity contribution in [1.82, 2.24) is 9.55 Å². The molecule has 2 aromatic heterocycles. The van der Waals surface area contributed by atoms with E-state index in [1.807, 2.05) is 97.1 Å². The number of pyridine rings is 1. The number of hydrogen-bond acceptors (Lipinski definition) is 4. The quantitative estimate of drug-likeness (QED) is 0.176. The fraction of sp³-hybridized carbons (Fsp3) is 0. The molecule has 0 bridgehead atoms. The number of aliphatic imine (C=N–C) groups is 1. The van der Waals surface area contributed by atoms with Crippen LogP contribution in [0.15, 0.2) is 138 Å². The van der Waals surface area contributed by atoms with Gasteiger partial charge in [-0.25, -0.2) is 4.98 Å². The Hall–Kier alpha value is -5.25. The van der Waals surface area contributed by atoms with E-state index < -0.39 is 0 Å². The molecule has 0 unspecified atom stereocenters. The van der Waals surface area contributed by atoms with Crippen molar-refractivity contribution in [3.8, 4) is 28.4 Å². The topological polar surface area (TPSA) is 70.6 Å². The molecule has 5 nitrogen and oxygen atoms in total. The number of benzene rings is 6. The Labute approximate surface area is 267 Å². The van der Waals surface area contributed by atoms with Crippen LogP contribution >= 0.6 is 0 Å². The Morgan fingerprint density at radius 1 is 0.614 bits per heavy atom. The molecule has 214 valence electrons. The summed E-state index contributed by atoms with van der Waals surface area (Å²) in [5, 5.41) is 27.7. The summed E-state index contributed by atoms with van der Waals surface area (Å²) in [4.78, 5) is 9.94. The van der Waals surface area contributed by atoms with Crippen LogP contribution in [0.25, 0.3) is 60.3 Å². The zero-order valence-electron chi connectivity index (χ0n) is 23.3. The number of nitrogens with zero attached hydrogens (tertiary/aromatic N) is 3. The number of phenols is 2. The summed E-state index contributed by atoms with van der Waals surface area (Å²) in [5.41, 5.74) is 5.55. The number of aromatic hydroxyl groups is 2. The predicted molar refractivity (Wildman–Crippen MR) is 176 cm³/mol. The predicted octanol–water partition coefficient (Wildman–Crippen LogP) is 9.31. The van der Waals surface area contributed by atoms with Crippen LogP contribution in [0.2, 0.25) is 0 Å². The average Bonchev–Trinajstić information content (AvgIpc) is 3.38. The molecule has 6 aromatic carbocycles. The van der Waals surface area contributed by atoms with Gasteiger partial charge in [0.05, 0.1) is 39.9 Å². The molecule has 8 rings (SSSR count). The molecule has 0 atom stereocenters. The summed E-state index contributed by atoms with van der Waals surface area (Å²) in [6.07, 6.45) is 1.75. The largest absolute Gasteiger partial charge is 0.507 e. The van der Waals surface area contributed by atoms with Crippen molar-refractivity contribution in [3.05, 3.63) is 139 Å². The van der Waals surface area contributed by atoms with E-state index in [4.69, 9.17) is 9.98 Å². The summed E-state index contributed by atoms with van der Waals surface area (Å²) in [5.74, 6) is 0.333. The second-order valence-corrected chi connectivity index (χ2v) is 10.6. The van der Waals surface area contributed by atoms with Crippen molar-refractivity contribution >= 4 is 55.3 Å². The minimum atomic E-state index is 0. The molecule has 0 fully saturated rings. The Morgan fingerprint density at radius 2 is 1.32 bits per heavy atom. The molecule has 0 amide bonds. The van der Waals surface area contributed by atoms with Crippen LogP contribution in [0, 0.1) is 0 Å². The van der Waals surface area contributed by atoms with Gasteiger partial charge in [-0.05, 0) is 59.3 Å². The molecule has 0 aliphatic rings. The van der Waals surface area contributed by atoms with Gasteiger partial charge in [0.2, 0.25) is 0 Å². The van der Waals surface area contributed by atoms with Gasteiger partial charge in [-0.1, -0.05) is 84.9 Å². The van der Waals surface area contributed by atoms with Crippen molar-refractivity contribution < 1.29 is 31.3 Å². The fourth-order valence-electron chi connectivity index (χ4n) is 6.14. The van der Waals surface area contributed by atoms with E-state index in [1.54, 1.807) is 18.3 Å². The molecule has 2 N–H and O–H groups in total. The van der Waals surface area contributed by atoms with Crippen LogP contribution in [0.5, 0.6) is 11.5 Å². The standard InChI is InChI=1S/C38H25N3O2.Pt/c42-34-19-9-12-24-11-8-17-30(36(24)34)39-23-32-27-15-5-4-10-25(27)22-31(40-32)37-35(43)21-20-29-28-16-6-7-18-33(28)41(38(29)37)26-13-2-1-3-14-26;/h1-23,42-43H;. The maximum Gasteiger partial charge on any atom is 0.127 e. The van der Waals surface area contributed by atoms with Gasteiger partial charge in [-0.15, -0.1) is 0 Å². The number of para-hydroxylation sites is 2. The van der Waals surface area contributed by atoms with Gasteiger partial charge < -0.3 is 14.8 Å². The van der Waals surface area contributed by atoms with Gasteiger partial charge in [0.15, 0.2) is 0 Å². The monoisotopic (exact) mass is 750 g/mol. The molecule has 0 aliphatic carbocycles.